The van der Waals surface area contributed by atoms with Crippen molar-refractivity contribution in [1.82, 2.24) is 0 Å². The van der Waals surface area contributed by atoms with E-state index in [1.165, 1.54) is 5.56 Å². The Morgan fingerprint density at radius 1 is 1.11 bits per heavy atom. The van der Waals surface area contributed by atoms with Crippen LogP contribution in [0.2, 0.25) is 0 Å². The molecule has 0 aromatic heterocycles. The molecule has 0 atom stereocenters. The predicted octanol–water partition coefficient (Wildman–Crippen LogP) is 4.14. The average Bonchev–Trinajstić information content (AvgIpc) is 2.41. The number of para-hydroxylation sites is 2. The molecule has 0 saturated heterocycles. The van der Waals surface area contributed by atoms with Gasteiger partial charge in [0, 0.05) is 5.69 Å². The highest BCUT2D eigenvalue weighted by atomic mass is 16.5. The molecule has 0 amide bonds. The van der Waals surface area contributed by atoms with Crippen molar-refractivity contribution in [3.05, 3.63) is 48.0 Å². The third-order valence-electron chi connectivity index (χ3n) is 3.09. The minimum atomic E-state index is 0.407. The lowest BCUT2D eigenvalue weighted by molar-refractivity contribution is 0.407. The number of nitrogens with one attached hydrogen (secondary N) is 1. The molecule has 0 heterocycles. The molecule has 0 aliphatic carbocycles. The van der Waals surface area contributed by atoms with Crippen molar-refractivity contribution in [2.75, 3.05) is 18.2 Å². The Balaban J connectivity index is 2.31. The summed E-state index contributed by atoms with van der Waals surface area (Å²) in [4.78, 5) is 0. The quantitative estimate of drug-likeness (QED) is 0.808. The number of benzene rings is 2. The molecule has 0 fully saturated rings. The van der Waals surface area contributed by atoms with Crippen LogP contribution in [0.3, 0.4) is 0 Å². The Bertz CT molecular complexity index is 564. The van der Waals surface area contributed by atoms with Gasteiger partial charge < -0.3 is 15.8 Å². The van der Waals surface area contributed by atoms with E-state index in [1.54, 1.807) is 7.11 Å². The summed E-state index contributed by atoms with van der Waals surface area (Å²) >= 11 is 0. The molecule has 2 aromatic carbocycles. The van der Waals surface area contributed by atoms with E-state index in [4.69, 9.17) is 10.5 Å². The van der Waals surface area contributed by atoms with Gasteiger partial charge in [-0.25, -0.2) is 0 Å². The second-order valence-electron chi connectivity index (χ2n) is 4.82. The van der Waals surface area contributed by atoms with Gasteiger partial charge in [-0.05, 0) is 41.8 Å². The van der Waals surface area contributed by atoms with Gasteiger partial charge in [0.05, 0.1) is 18.5 Å². The first-order chi connectivity index (χ1) is 9.11. The van der Waals surface area contributed by atoms with Crippen molar-refractivity contribution in [3.63, 3.8) is 0 Å². The minimum Gasteiger partial charge on any atom is -0.496 e. The van der Waals surface area contributed by atoms with Gasteiger partial charge in [0.15, 0.2) is 0 Å². The number of ether oxygens (including phenoxy) is 1. The van der Waals surface area contributed by atoms with Crippen molar-refractivity contribution in [2.24, 2.45) is 0 Å². The van der Waals surface area contributed by atoms with Crippen LogP contribution >= 0.6 is 0 Å². The van der Waals surface area contributed by atoms with E-state index < -0.39 is 0 Å². The second kappa shape index (κ2) is 5.65. The highest BCUT2D eigenvalue weighted by Gasteiger charge is 2.08. The van der Waals surface area contributed by atoms with E-state index in [1.807, 2.05) is 36.4 Å². The molecule has 3 N–H and O–H groups in total. The number of rotatable bonds is 4. The molecule has 0 unspecified atom stereocenters. The summed E-state index contributed by atoms with van der Waals surface area (Å²) in [6.45, 7) is 4.30. The molecule has 0 saturated carbocycles. The van der Waals surface area contributed by atoms with E-state index >= 15 is 0 Å². The van der Waals surface area contributed by atoms with Gasteiger partial charge in [-0.1, -0.05) is 26.0 Å². The molecule has 0 bridgehead atoms. The van der Waals surface area contributed by atoms with Crippen LogP contribution in [0.15, 0.2) is 42.5 Å². The zero-order chi connectivity index (χ0) is 13.8. The second-order valence-corrected chi connectivity index (χ2v) is 4.82. The van der Waals surface area contributed by atoms with Crippen LogP contribution in [0.4, 0.5) is 17.1 Å². The Morgan fingerprint density at radius 2 is 1.84 bits per heavy atom. The van der Waals surface area contributed by atoms with E-state index in [0.29, 0.717) is 5.92 Å². The van der Waals surface area contributed by atoms with E-state index in [-0.39, 0.29) is 0 Å². The fraction of sp³-hybridized carbons (Fsp3) is 0.250. The number of hydrogen-bond donors (Lipinski definition) is 2. The third-order valence-corrected chi connectivity index (χ3v) is 3.09. The summed E-state index contributed by atoms with van der Waals surface area (Å²) in [5.41, 5.74) is 9.79. The molecule has 2 aromatic rings. The maximum Gasteiger partial charge on any atom is 0.122 e. The lowest BCUT2D eigenvalue weighted by atomic mass is 10.0. The molecule has 19 heavy (non-hydrogen) atoms. The number of methoxy groups -OCH3 is 1. The van der Waals surface area contributed by atoms with Gasteiger partial charge in [-0.3, -0.25) is 0 Å². The zero-order valence-electron chi connectivity index (χ0n) is 11.6. The fourth-order valence-corrected chi connectivity index (χ4v) is 2.03. The fourth-order valence-electron chi connectivity index (χ4n) is 2.03. The Labute approximate surface area is 114 Å². The summed E-state index contributed by atoms with van der Waals surface area (Å²) in [5, 5.41) is 3.34. The van der Waals surface area contributed by atoms with Gasteiger partial charge in [0.2, 0.25) is 0 Å². The molecule has 3 nitrogen and oxygen atoms in total. The summed E-state index contributed by atoms with van der Waals surface area (Å²) in [6, 6.07) is 13.8. The van der Waals surface area contributed by atoms with Crippen LogP contribution in [0, 0.1) is 0 Å². The third kappa shape index (κ3) is 2.99. The van der Waals surface area contributed by atoms with Gasteiger partial charge in [-0.15, -0.1) is 0 Å². The molecular formula is C16H20N2O. The molecule has 3 heteroatoms. The molecule has 100 valence electrons. The molecule has 0 spiro atoms. The Morgan fingerprint density at radius 3 is 2.47 bits per heavy atom. The number of anilines is 3. The standard InChI is InChI=1S/C16H20N2O/c1-11(2)13-10-12(8-9-16(13)19-3)18-15-7-5-4-6-14(15)17/h4-11,18H,17H2,1-3H3. The summed E-state index contributed by atoms with van der Waals surface area (Å²) in [6.07, 6.45) is 0. The van der Waals surface area contributed by atoms with Crippen molar-refractivity contribution in [1.29, 1.82) is 0 Å². The van der Waals surface area contributed by atoms with Crippen molar-refractivity contribution in [3.8, 4) is 5.75 Å². The van der Waals surface area contributed by atoms with E-state index in [9.17, 15) is 0 Å². The van der Waals surface area contributed by atoms with Gasteiger partial charge in [-0.2, -0.15) is 0 Å². The molecular weight excluding hydrogens is 236 g/mol. The average molecular weight is 256 g/mol. The van der Waals surface area contributed by atoms with Crippen LogP contribution in [0.5, 0.6) is 5.75 Å². The Hall–Kier alpha value is -2.16. The first-order valence-electron chi connectivity index (χ1n) is 6.41. The van der Waals surface area contributed by atoms with Crippen LogP contribution in [0.1, 0.15) is 25.3 Å². The maximum absolute atomic E-state index is 5.94. The SMILES string of the molecule is COc1ccc(Nc2ccccc2N)cc1C(C)C. The van der Waals surface area contributed by atoms with Gasteiger partial charge >= 0.3 is 0 Å². The monoisotopic (exact) mass is 256 g/mol. The van der Waals surface area contributed by atoms with Crippen LogP contribution in [-0.4, -0.2) is 7.11 Å². The smallest absolute Gasteiger partial charge is 0.122 e. The molecule has 0 radical (unpaired) electrons. The Kier molecular flexibility index (Phi) is 3.95. The zero-order valence-corrected chi connectivity index (χ0v) is 11.6. The van der Waals surface area contributed by atoms with E-state index in [0.717, 1.165) is 22.8 Å². The van der Waals surface area contributed by atoms with Crippen LogP contribution < -0.4 is 15.8 Å². The van der Waals surface area contributed by atoms with Crippen molar-refractivity contribution >= 4 is 17.1 Å². The molecule has 0 aliphatic heterocycles. The topological polar surface area (TPSA) is 47.3 Å². The minimum absolute atomic E-state index is 0.407. The first kappa shape index (κ1) is 13.3. The lowest BCUT2D eigenvalue weighted by Crippen LogP contribution is -1.99. The summed E-state index contributed by atoms with van der Waals surface area (Å²) in [5.74, 6) is 1.33. The van der Waals surface area contributed by atoms with Crippen LogP contribution in [0.25, 0.3) is 0 Å². The first-order valence-corrected chi connectivity index (χ1v) is 6.41. The number of nitrogens with two attached hydrogens (primary N) is 1. The predicted molar refractivity (Wildman–Crippen MR) is 81.2 cm³/mol. The molecule has 0 aliphatic rings. The number of nitrogen functional groups attached to an aromatic ring is 1. The highest BCUT2D eigenvalue weighted by molar-refractivity contribution is 5.73. The maximum atomic E-state index is 5.94. The molecule has 2 rings (SSSR count). The summed E-state index contributed by atoms with van der Waals surface area (Å²) in [7, 11) is 1.70. The van der Waals surface area contributed by atoms with Crippen LogP contribution in [-0.2, 0) is 0 Å². The lowest BCUT2D eigenvalue weighted by Gasteiger charge is -2.15. The van der Waals surface area contributed by atoms with Gasteiger partial charge in [0.1, 0.15) is 5.75 Å². The van der Waals surface area contributed by atoms with Crippen molar-refractivity contribution < 1.29 is 4.74 Å². The highest BCUT2D eigenvalue weighted by Crippen LogP contribution is 2.31. The van der Waals surface area contributed by atoms with Gasteiger partial charge in [0.25, 0.3) is 0 Å². The largest absolute Gasteiger partial charge is 0.496 e. The number of hydrogen-bond acceptors (Lipinski definition) is 3. The summed E-state index contributed by atoms with van der Waals surface area (Å²) < 4.78 is 5.38. The van der Waals surface area contributed by atoms with E-state index in [2.05, 4.69) is 25.2 Å². The normalized spacial score (nSPS) is 10.5. The van der Waals surface area contributed by atoms with Crippen molar-refractivity contribution in [2.45, 2.75) is 19.8 Å².